The first-order valence-electron chi connectivity index (χ1n) is 7.44. The van der Waals surface area contributed by atoms with Crippen LogP contribution in [0.4, 0.5) is 24.5 Å². The fourth-order valence-corrected chi connectivity index (χ4v) is 3.17. The third kappa shape index (κ3) is 2.56. The number of nitrogens with zero attached hydrogens (tertiary/aromatic N) is 2. The number of halogens is 3. The molecular weight excluding hydrogens is 300 g/mol. The standard InChI is InChI=1S/C17H18BF3N2/c1-11-9-15-16(10-12(11)2)23(4)18(22(15)3)14-7-5-13(6-8-14)17(19,20)21/h5-10H,1-4H3. The van der Waals surface area contributed by atoms with Gasteiger partial charge in [0.15, 0.2) is 0 Å². The van der Waals surface area contributed by atoms with Gasteiger partial charge in [0.05, 0.1) is 5.56 Å². The number of aryl methyl sites for hydroxylation is 2. The van der Waals surface area contributed by atoms with Gasteiger partial charge in [-0.05, 0) is 56.7 Å². The van der Waals surface area contributed by atoms with E-state index in [1.54, 1.807) is 12.1 Å². The topological polar surface area (TPSA) is 6.48 Å². The molecule has 6 heteroatoms. The Labute approximate surface area is 134 Å². The minimum atomic E-state index is -4.30. The maximum Gasteiger partial charge on any atom is 0.416 e. The van der Waals surface area contributed by atoms with Crippen LogP contribution in [0.2, 0.25) is 0 Å². The van der Waals surface area contributed by atoms with Crippen molar-refractivity contribution in [2.45, 2.75) is 20.0 Å². The molecule has 23 heavy (non-hydrogen) atoms. The molecule has 0 amide bonds. The number of alkyl halides is 3. The Morgan fingerprint density at radius 2 is 1.26 bits per heavy atom. The molecule has 0 fully saturated rings. The summed E-state index contributed by atoms with van der Waals surface area (Å²) in [5.74, 6) is 0. The first-order chi connectivity index (χ1) is 10.7. The summed E-state index contributed by atoms with van der Waals surface area (Å²) in [5, 5.41) is 0. The van der Waals surface area contributed by atoms with E-state index in [4.69, 9.17) is 0 Å². The maximum absolute atomic E-state index is 12.7. The van der Waals surface area contributed by atoms with Gasteiger partial charge < -0.3 is 9.62 Å². The van der Waals surface area contributed by atoms with Crippen molar-refractivity contribution < 1.29 is 13.2 Å². The Morgan fingerprint density at radius 3 is 1.65 bits per heavy atom. The van der Waals surface area contributed by atoms with Gasteiger partial charge in [0, 0.05) is 11.4 Å². The van der Waals surface area contributed by atoms with Crippen molar-refractivity contribution in [1.29, 1.82) is 0 Å². The van der Waals surface area contributed by atoms with E-state index in [9.17, 15) is 13.2 Å². The monoisotopic (exact) mass is 318 g/mol. The largest absolute Gasteiger partial charge is 0.416 e. The molecule has 0 aromatic heterocycles. The smallest absolute Gasteiger partial charge is 0.393 e. The summed E-state index contributed by atoms with van der Waals surface area (Å²) in [4.78, 5) is 4.20. The molecule has 2 nitrogen and oxygen atoms in total. The van der Waals surface area contributed by atoms with E-state index in [0.29, 0.717) is 0 Å². The molecule has 0 radical (unpaired) electrons. The van der Waals surface area contributed by atoms with Crippen molar-refractivity contribution >= 4 is 23.8 Å². The lowest BCUT2D eigenvalue weighted by Crippen LogP contribution is -2.53. The average molecular weight is 318 g/mol. The lowest BCUT2D eigenvalue weighted by Gasteiger charge is -2.24. The lowest BCUT2D eigenvalue weighted by molar-refractivity contribution is -0.137. The van der Waals surface area contributed by atoms with Crippen molar-refractivity contribution in [1.82, 2.24) is 0 Å². The number of benzene rings is 2. The molecule has 0 aliphatic carbocycles. The molecule has 0 unspecified atom stereocenters. The van der Waals surface area contributed by atoms with E-state index in [1.165, 1.54) is 11.1 Å². The Morgan fingerprint density at radius 1 is 0.826 bits per heavy atom. The Balaban J connectivity index is 1.99. The molecule has 0 spiro atoms. The molecule has 0 N–H and O–H groups in total. The predicted molar refractivity (Wildman–Crippen MR) is 89.6 cm³/mol. The molecule has 120 valence electrons. The quantitative estimate of drug-likeness (QED) is 0.741. The van der Waals surface area contributed by atoms with Crippen molar-refractivity contribution in [3.8, 4) is 0 Å². The van der Waals surface area contributed by atoms with Crippen LogP contribution in [0.3, 0.4) is 0 Å². The molecule has 1 aliphatic heterocycles. The predicted octanol–water partition coefficient (Wildman–Crippen LogP) is 3.60. The zero-order valence-corrected chi connectivity index (χ0v) is 13.6. The highest BCUT2D eigenvalue weighted by molar-refractivity contribution is 6.81. The van der Waals surface area contributed by atoms with Gasteiger partial charge in [-0.2, -0.15) is 13.2 Å². The van der Waals surface area contributed by atoms with Gasteiger partial charge in [0.25, 0.3) is 0 Å². The third-order valence-corrected chi connectivity index (χ3v) is 4.62. The highest BCUT2D eigenvalue weighted by atomic mass is 19.4. The summed E-state index contributed by atoms with van der Waals surface area (Å²) in [6.45, 7) is 4.03. The minimum absolute atomic E-state index is 0.103. The second-order valence-corrected chi connectivity index (χ2v) is 6.14. The number of anilines is 2. The molecule has 0 saturated carbocycles. The van der Waals surface area contributed by atoms with Crippen LogP contribution < -0.4 is 15.1 Å². The number of rotatable bonds is 1. The van der Waals surface area contributed by atoms with Crippen molar-refractivity contribution in [2.24, 2.45) is 0 Å². The Hall–Kier alpha value is -2.11. The van der Waals surface area contributed by atoms with Crippen LogP contribution in [0.5, 0.6) is 0 Å². The summed E-state index contributed by atoms with van der Waals surface area (Å²) in [6, 6.07) is 9.68. The van der Waals surface area contributed by atoms with Gasteiger partial charge in [0.1, 0.15) is 0 Å². The minimum Gasteiger partial charge on any atom is -0.393 e. The summed E-state index contributed by atoms with van der Waals surface area (Å²) >= 11 is 0. The molecule has 3 rings (SSSR count). The second kappa shape index (κ2) is 5.22. The highest BCUT2D eigenvalue weighted by Gasteiger charge is 2.38. The van der Waals surface area contributed by atoms with Crippen LogP contribution in [0.15, 0.2) is 36.4 Å². The fraction of sp³-hybridized carbons (Fsp3) is 0.294. The number of hydrogen-bond donors (Lipinski definition) is 0. The van der Waals surface area contributed by atoms with Gasteiger partial charge in [-0.25, -0.2) is 0 Å². The van der Waals surface area contributed by atoms with Crippen molar-refractivity contribution in [2.75, 3.05) is 23.7 Å². The van der Waals surface area contributed by atoms with E-state index < -0.39 is 11.7 Å². The number of hydrogen-bond acceptors (Lipinski definition) is 2. The summed E-state index contributed by atoms with van der Waals surface area (Å²) in [5.41, 5.74) is 4.83. The summed E-state index contributed by atoms with van der Waals surface area (Å²) in [6.07, 6.45) is -4.30. The first-order valence-corrected chi connectivity index (χ1v) is 7.44. The van der Waals surface area contributed by atoms with Gasteiger partial charge in [-0.15, -0.1) is 0 Å². The Bertz CT molecular complexity index is 706. The SMILES string of the molecule is Cc1cc2c(cc1C)N(C)B(c1ccc(C(F)(F)F)cc1)N2C. The molecule has 2 aromatic carbocycles. The second-order valence-electron chi connectivity index (χ2n) is 6.14. The van der Waals surface area contributed by atoms with Crippen LogP contribution >= 0.6 is 0 Å². The lowest BCUT2D eigenvalue weighted by atomic mass is 9.66. The van der Waals surface area contributed by atoms with E-state index in [0.717, 1.165) is 29.0 Å². The van der Waals surface area contributed by atoms with E-state index in [-0.39, 0.29) is 6.98 Å². The van der Waals surface area contributed by atoms with Crippen LogP contribution in [0.1, 0.15) is 16.7 Å². The Kier molecular flexibility index (Phi) is 3.58. The van der Waals surface area contributed by atoms with Gasteiger partial charge >= 0.3 is 13.2 Å². The van der Waals surface area contributed by atoms with Crippen LogP contribution in [0, 0.1) is 13.8 Å². The molecule has 1 heterocycles. The molecule has 0 saturated heterocycles. The van der Waals surface area contributed by atoms with Crippen LogP contribution in [-0.4, -0.2) is 21.1 Å². The number of fused-ring (bicyclic) bond motifs is 1. The molecule has 2 aromatic rings. The maximum atomic E-state index is 12.7. The average Bonchev–Trinajstić information content (AvgIpc) is 2.71. The highest BCUT2D eigenvalue weighted by Crippen LogP contribution is 2.38. The third-order valence-electron chi connectivity index (χ3n) is 4.62. The van der Waals surface area contributed by atoms with Gasteiger partial charge in [0.2, 0.25) is 0 Å². The van der Waals surface area contributed by atoms with Gasteiger partial charge in [-0.1, -0.05) is 24.3 Å². The fourth-order valence-electron chi connectivity index (χ4n) is 3.17. The summed E-state index contributed by atoms with van der Waals surface area (Å²) < 4.78 is 38.2. The molecular formula is C17H18BF3N2. The van der Waals surface area contributed by atoms with E-state index in [2.05, 4.69) is 35.6 Å². The zero-order chi connectivity index (χ0) is 16.9. The van der Waals surface area contributed by atoms with Crippen LogP contribution in [-0.2, 0) is 6.18 Å². The molecule has 0 atom stereocenters. The van der Waals surface area contributed by atoms with E-state index >= 15 is 0 Å². The first kappa shape index (κ1) is 15.8. The van der Waals surface area contributed by atoms with E-state index in [1.807, 2.05) is 14.1 Å². The molecule has 1 aliphatic rings. The van der Waals surface area contributed by atoms with Gasteiger partial charge in [-0.3, -0.25) is 0 Å². The summed E-state index contributed by atoms with van der Waals surface area (Å²) in [7, 11) is 3.94. The molecule has 0 bridgehead atoms. The van der Waals surface area contributed by atoms with Crippen molar-refractivity contribution in [3.63, 3.8) is 0 Å². The van der Waals surface area contributed by atoms with Crippen molar-refractivity contribution in [3.05, 3.63) is 53.1 Å². The van der Waals surface area contributed by atoms with Crippen LogP contribution in [0.25, 0.3) is 0 Å². The zero-order valence-electron chi connectivity index (χ0n) is 13.6. The normalized spacial score (nSPS) is 14.5.